The molecule has 1 saturated heterocycles. The van der Waals surface area contributed by atoms with Crippen LogP contribution in [0.2, 0.25) is 0 Å². The molecule has 0 spiro atoms. The van der Waals surface area contributed by atoms with E-state index in [4.69, 9.17) is 0 Å². The van der Waals surface area contributed by atoms with Gasteiger partial charge in [-0.25, -0.2) is 4.79 Å². The van der Waals surface area contributed by atoms with E-state index in [1.165, 1.54) is 7.05 Å². The average Bonchev–Trinajstić information content (AvgIpc) is 2.90. The molecule has 0 radical (unpaired) electrons. The number of H-pyrrole nitrogens is 1. The van der Waals surface area contributed by atoms with Crippen LogP contribution < -0.4 is 21.5 Å². The third-order valence-electron chi connectivity index (χ3n) is 3.80. The summed E-state index contributed by atoms with van der Waals surface area (Å²) >= 11 is 0. The van der Waals surface area contributed by atoms with Gasteiger partial charge < -0.3 is 10.2 Å². The Balaban J connectivity index is 2.25. The molecule has 1 aliphatic rings. The number of hydrogen-bond acceptors (Lipinski definition) is 5. The van der Waals surface area contributed by atoms with Gasteiger partial charge in [-0.15, -0.1) is 5.92 Å². The Labute approximate surface area is 126 Å². The standard InChI is InChI=1S/C14H18N6O2/c1-3-4-7-20-10-11(17-14(22)18(2)12(10)21)16-13(20)19-8-5-15-6-9-19/h15H,5-9H2,1-2H3,(H,17,22). The molecule has 8 heteroatoms. The van der Waals surface area contributed by atoms with Crippen LogP contribution in [0.3, 0.4) is 0 Å². The lowest BCUT2D eigenvalue weighted by atomic mass is 10.4. The summed E-state index contributed by atoms with van der Waals surface area (Å²) in [5.74, 6) is 6.49. The number of anilines is 1. The quantitative estimate of drug-likeness (QED) is 0.685. The van der Waals surface area contributed by atoms with Gasteiger partial charge in [-0.05, 0) is 6.92 Å². The molecule has 8 nitrogen and oxygen atoms in total. The van der Waals surface area contributed by atoms with Gasteiger partial charge in [0.25, 0.3) is 5.56 Å². The van der Waals surface area contributed by atoms with Crippen molar-refractivity contribution in [1.82, 2.24) is 24.4 Å². The molecule has 2 aromatic heterocycles. The number of hydrogen-bond donors (Lipinski definition) is 2. The highest BCUT2D eigenvalue weighted by atomic mass is 16.2. The molecule has 0 aromatic carbocycles. The molecule has 116 valence electrons. The van der Waals surface area contributed by atoms with Crippen molar-refractivity contribution in [1.29, 1.82) is 0 Å². The molecule has 0 saturated carbocycles. The molecule has 22 heavy (non-hydrogen) atoms. The molecular weight excluding hydrogens is 284 g/mol. The van der Waals surface area contributed by atoms with Crippen molar-refractivity contribution >= 4 is 17.1 Å². The summed E-state index contributed by atoms with van der Waals surface area (Å²) in [6.45, 7) is 5.44. The highest BCUT2D eigenvalue weighted by molar-refractivity contribution is 5.74. The topological polar surface area (TPSA) is 87.9 Å². The van der Waals surface area contributed by atoms with Crippen LogP contribution in [-0.2, 0) is 13.6 Å². The number of aromatic amines is 1. The highest BCUT2D eigenvalue weighted by Crippen LogP contribution is 2.18. The van der Waals surface area contributed by atoms with Gasteiger partial charge >= 0.3 is 5.69 Å². The first kappa shape index (κ1) is 14.4. The Bertz CT molecular complexity index is 873. The molecule has 3 heterocycles. The van der Waals surface area contributed by atoms with E-state index in [1.54, 1.807) is 11.5 Å². The fourth-order valence-electron chi connectivity index (χ4n) is 2.60. The lowest BCUT2D eigenvalue weighted by Gasteiger charge is -2.28. The van der Waals surface area contributed by atoms with Gasteiger partial charge in [0.1, 0.15) is 0 Å². The van der Waals surface area contributed by atoms with Crippen LogP contribution in [0, 0.1) is 11.8 Å². The summed E-state index contributed by atoms with van der Waals surface area (Å²) in [5.41, 5.74) is -0.112. The van der Waals surface area contributed by atoms with Gasteiger partial charge in [0.05, 0.1) is 6.54 Å². The summed E-state index contributed by atoms with van der Waals surface area (Å²) in [4.78, 5) is 33.4. The molecule has 0 bridgehead atoms. The number of rotatable bonds is 2. The minimum atomic E-state index is -0.462. The van der Waals surface area contributed by atoms with Crippen molar-refractivity contribution in [2.75, 3.05) is 31.1 Å². The van der Waals surface area contributed by atoms with E-state index >= 15 is 0 Å². The first-order chi connectivity index (χ1) is 10.6. The number of fused-ring (bicyclic) bond motifs is 1. The van der Waals surface area contributed by atoms with Gasteiger partial charge in [-0.2, -0.15) is 4.98 Å². The van der Waals surface area contributed by atoms with Gasteiger partial charge in [0, 0.05) is 33.2 Å². The molecule has 2 aromatic rings. The van der Waals surface area contributed by atoms with Crippen LogP contribution in [0.15, 0.2) is 9.59 Å². The first-order valence-corrected chi connectivity index (χ1v) is 7.18. The maximum atomic E-state index is 12.4. The Morgan fingerprint density at radius 2 is 2.00 bits per heavy atom. The number of nitrogens with one attached hydrogen (secondary N) is 2. The second kappa shape index (κ2) is 5.69. The van der Waals surface area contributed by atoms with Gasteiger partial charge in [0.15, 0.2) is 11.2 Å². The Morgan fingerprint density at radius 3 is 2.68 bits per heavy atom. The van der Waals surface area contributed by atoms with Crippen LogP contribution >= 0.6 is 0 Å². The fourth-order valence-corrected chi connectivity index (χ4v) is 2.60. The summed E-state index contributed by atoms with van der Waals surface area (Å²) in [5, 5.41) is 3.28. The van der Waals surface area contributed by atoms with Crippen molar-refractivity contribution in [3.63, 3.8) is 0 Å². The molecule has 0 atom stereocenters. The maximum Gasteiger partial charge on any atom is 0.329 e. The van der Waals surface area contributed by atoms with Gasteiger partial charge in [-0.3, -0.25) is 18.9 Å². The normalized spacial score (nSPS) is 14.9. The zero-order valence-electron chi connectivity index (χ0n) is 12.6. The Kier molecular flexibility index (Phi) is 3.73. The monoisotopic (exact) mass is 302 g/mol. The Hall–Kier alpha value is -2.53. The van der Waals surface area contributed by atoms with Crippen molar-refractivity contribution in [3.8, 4) is 11.8 Å². The third-order valence-corrected chi connectivity index (χ3v) is 3.80. The van der Waals surface area contributed by atoms with Crippen LogP contribution in [0.4, 0.5) is 5.95 Å². The second-order valence-electron chi connectivity index (χ2n) is 5.15. The van der Waals surface area contributed by atoms with E-state index in [0.29, 0.717) is 23.7 Å². The summed E-state index contributed by atoms with van der Waals surface area (Å²) in [7, 11) is 1.45. The molecule has 0 aliphatic carbocycles. The molecule has 1 aliphatic heterocycles. The molecule has 3 rings (SSSR count). The first-order valence-electron chi connectivity index (χ1n) is 7.18. The lowest BCUT2D eigenvalue weighted by Crippen LogP contribution is -2.44. The van der Waals surface area contributed by atoms with Crippen LogP contribution in [0.1, 0.15) is 6.92 Å². The summed E-state index contributed by atoms with van der Waals surface area (Å²) in [6, 6.07) is 0. The third kappa shape index (κ3) is 2.29. The molecule has 0 unspecified atom stereocenters. The Morgan fingerprint density at radius 1 is 1.27 bits per heavy atom. The lowest BCUT2D eigenvalue weighted by molar-refractivity contribution is 0.573. The zero-order valence-corrected chi connectivity index (χ0v) is 12.6. The van der Waals surface area contributed by atoms with Gasteiger partial charge in [0.2, 0.25) is 5.95 Å². The van der Waals surface area contributed by atoms with Crippen molar-refractivity contribution < 1.29 is 0 Å². The number of imidazole rings is 1. The molecule has 1 fully saturated rings. The van der Waals surface area contributed by atoms with Crippen LogP contribution in [0.25, 0.3) is 11.2 Å². The maximum absolute atomic E-state index is 12.4. The highest BCUT2D eigenvalue weighted by Gasteiger charge is 2.21. The second-order valence-corrected chi connectivity index (χ2v) is 5.15. The number of aromatic nitrogens is 4. The van der Waals surface area contributed by atoms with E-state index < -0.39 is 5.69 Å². The van der Waals surface area contributed by atoms with E-state index in [-0.39, 0.29) is 5.56 Å². The average molecular weight is 302 g/mol. The molecule has 2 N–H and O–H groups in total. The van der Waals surface area contributed by atoms with E-state index in [2.05, 4.69) is 32.0 Å². The largest absolute Gasteiger partial charge is 0.340 e. The number of piperazine rings is 1. The van der Waals surface area contributed by atoms with E-state index in [9.17, 15) is 9.59 Å². The van der Waals surface area contributed by atoms with Gasteiger partial charge in [-0.1, -0.05) is 5.92 Å². The smallest absolute Gasteiger partial charge is 0.329 e. The fraction of sp³-hybridized carbons (Fsp3) is 0.500. The van der Waals surface area contributed by atoms with Crippen LogP contribution in [0.5, 0.6) is 0 Å². The predicted octanol–water partition coefficient (Wildman–Crippen LogP) is -1.14. The van der Waals surface area contributed by atoms with E-state index in [1.807, 2.05) is 0 Å². The van der Waals surface area contributed by atoms with E-state index in [0.717, 1.165) is 30.7 Å². The summed E-state index contributed by atoms with van der Waals surface area (Å²) in [6.07, 6.45) is 0. The zero-order chi connectivity index (χ0) is 15.7. The van der Waals surface area contributed by atoms with Crippen molar-refractivity contribution in [3.05, 3.63) is 20.8 Å². The molecule has 0 amide bonds. The summed E-state index contributed by atoms with van der Waals surface area (Å²) < 4.78 is 2.84. The predicted molar refractivity (Wildman–Crippen MR) is 84.1 cm³/mol. The number of nitrogens with zero attached hydrogens (tertiary/aromatic N) is 4. The van der Waals surface area contributed by atoms with Crippen LogP contribution in [-0.4, -0.2) is 45.3 Å². The molecular formula is C14H18N6O2. The minimum Gasteiger partial charge on any atom is -0.340 e. The SMILES string of the molecule is CC#CCn1c(N2CCNCC2)nc2[nH]c(=O)n(C)c(=O)c21. The van der Waals surface area contributed by atoms with Crippen molar-refractivity contribution in [2.24, 2.45) is 7.05 Å². The minimum absolute atomic E-state index is 0.319. The van der Waals surface area contributed by atoms with Crippen molar-refractivity contribution in [2.45, 2.75) is 13.5 Å².